The average molecular weight is 795 g/mol. The molecule has 0 aliphatic rings. The summed E-state index contributed by atoms with van der Waals surface area (Å²) in [5.74, 6) is 0. The third-order valence-electron chi connectivity index (χ3n) is 11.1. The van der Waals surface area contributed by atoms with E-state index >= 15 is 0 Å². The van der Waals surface area contributed by atoms with E-state index in [1.54, 1.807) is 0 Å². The van der Waals surface area contributed by atoms with Crippen LogP contribution in [-0.4, -0.2) is 21.7 Å². The van der Waals surface area contributed by atoms with Crippen LogP contribution >= 0.6 is 13.4 Å². The molecule has 7 aromatic carbocycles. The van der Waals surface area contributed by atoms with Gasteiger partial charge in [-0.1, -0.05) is 0 Å². The van der Waals surface area contributed by atoms with E-state index < -0.39 is 23.6 Å². The van der Waals surface area contributed by atoms with E-state index in [4.69, 9.17) is 3.97 Å². The molecule has 0 saturated heterocycles. The van der Waals surface area contributed by atoms with Gasteiger partial charge in [0, 0.05) is 0 Å². The predicted molar refractivity (Wildman–Crippen MR) is 241 cm³/mol. The molecule has 0 heterocycles. The zero-order valence-electron chi connectivity index (χ0n) is 32.4. The Morgan fingerprint density at radius 2 is 0.607 bits per heavy atom. The van der Waals surface area contributed by atoms with Crippen molar-refractivity contribution in [3.05, 3.63) is 240 Å². The first-order chi connectivity index (χ1) is 27.0. The monoisotopic (exact) mass is 794 g/mol. The van der Waals surface area contributed by atoms with Crippen molar-refractivity contribution < 1.29 is 12.4 Å². The molecule has 0 N–H and O–H groups in total. The third-order valence-corrected chi connectivity index (χ3v) is 24.2. The van der Waals surface area contributed by atoms with Crippen molar-refractivity contribution in [3.63, 3.8) is 0 Å². The molecule has 56 heavy (non-hydrogen) atoms. The fourth-order valence-corrected chi connectivity index (χ4v) is 22.5. The minimum atomic E-state index is -4.22. The van der Waals surface area contributed by atoms with E-state index in [0.29, 0.717) is 18.5 Å². The SMILES string of the molecule is CP(Cc1ccccc1)(Cc1ccccc1)(Cc1ccccc1)OS(=O)(=O)c1ccc(P(C)(Cc2ccccc2)(Cc2ccccc2)Cc2ccccc2)cc1. The molecule has 0 saturated carbocycles. The molecular formula is C50H52O3P2S. The van der Waals surface area contributed by atoms with E-state index in [1.807, 2.05) is 66.7 Å². The summed E-state index contributed by atoms with van der Waals surface area (Å²) >= 11 is 0. The molecule has 0 amide bonds. The summed E-state index contributed by atoms with van der Waals surface area (Å²) in [4.78, 5) is 0.190. The fourth-order valence-electron chi connectivity index (χ4n) is 8.76. The van der Waals surface area contributed by atoms with E-state index in [-0.39, 0.29) is 4.90 Å². The standard InChI is InChI=1S/C50H52O3P2S/c1-54(37-43-21-9-3-10-22-43,38-44-23-11-4-12-24-44,39-45-25-13-5-14-26-45)49-33-35-50(36-34-49)56(51,52)53-55(2,40-46-27-15-6-16-28-46,41-47-29-17-7-18-30-47)42-48-31-19-8-20-32-48/h3-36H,37-42H2,1-2H3. The Balaban J connectivity index is 1.34. The second-order valence-corrected chi connectivity index (χ2v) is 29.8. The molecule has 0 spiro atoms. The predicted octanol–water partition coefficient (Wildman–Crippen LogP) is 12.5. The van der Waals surface area contributed by atoms with Crippen LogP contribution in [0.1, 0.15) is 33.4 Å². The molecule has 7 aromatic rings. The molecular weight excluding hydrogens is 743 g/mol. The number of hydrogen-bond acceptors (Lipinski definition) is 3. The van der Waals surface area contributed by atoms with Crippen LogP contribution in [0.5, 0.6) is 0 Å². The Bertz CT molecular complexity index is 2220. The van der Waals surface area contributed by atoms with Gasteiger partial charge in [-0.25, -0.2) is 0 Å². The topological polar surface area (TPSA) is 43.4 Å². The zero-order chi connectivity index (χ0) is 39.0. The van der Waals surface area contributed by atoms with Gasteiger partial charge < -0.3 is 0 Å². The summed E-state index contributed by atoms with van der Waals surface area (Å²) in [5, 5.41) is 1.21. The molecule has 7 rings (SSSR count). The molecule has 0 radical (unpaired) electrons. The molecule has 0 fully saturated rings. The summed E-state index contributed by atoms with van der Waals surface area (Å²) < 4.78 is 36.9. The van der Waals surface area contributed by atoms with Gasteiger partial charge >= 0.3 is 336 Å². The Morgan fingerprint density at radius 1 is 0.357 bits per heavy atom. The van der Waals surface area contributed by atoms with Crippen LogP contribution in [0.3, 0.4) is 0 Å². The van der Waals surface area contributed by atoms with Crippen LogP contribution in [0.2, 0.25) is 0 Å². The molecule has 3 nitrogen and oxygen atoms in total. The van der Waals surface area contributed by atoms with Crippen LogP contribution in [-0.2, 0) is 51.1 Å². The van der Waals surface area contributed by atoms with Crippen LogP contribution in [0.4, 0.5) is 0 Å². The van der Waals surface area contributed by atoms with Crippen molar-refractivity contribution in [1.82, 2.24) is 0 Å². The van der Waals surface area contributed by atoms with Crippen LogP contribution in [0, 0.1) is 0 Å². The van der Waals surface area contributed by atoms with E-state index in [2.05, 4.69) is 153 Å². The molecule has 0 bridgehead atoms. The second kappa shape index (κ2) is 16.4. The van der Waals surface area contributed by atoms with Gasteiger partial charge in [0.25, 0.3) is 0 Å². The maximum absolute atomic E-state index is 15.0. The summed E-state index contributed by atoms with van der Waals surface area (Å²) in [6, 6.07) is 70.7. The Hall–Kier alpha value is -4.69. The normalized spacial score (nSPS) is 13.5. The van der Waals surface area contributed by atoms with Crippen molar-refractivity contribution in [2.75, 3.05) is 13.3 Å². The Labute approximate surface area is 334 Å². The van der Waals surface area contributed by atoms with Gasteiger partial charge in [-0.3, -0.25) is 0 Å². The van der Waals surface area contributed by atoms with Crippen molar-refractivity contribution in [2.24, 2.45) is 0 Å². The van der Waals surface area contributed by atoms with Crippen molar-refractivity contribution in [1.29, 1.82) is 0 Å². The molecule has 6 heteroatoms. The zero-order valence-corrected chi connectivity index (χ0v) is 35.0. The second-order valence-electron chi connectivity index (χ2n) is 16.4. The minimum absolute atomic E-state index is 0.190. The summed E-state index contributed by atoms with van der Waals surface area (Å²) in [5.41, 5.74) is 7.05. The van der Waals surface area contributed by atoms with Crippen molar-refractivity contribution in [2.45, 2.75) is 41.9 Å². The van der Waals surface area contributed by atoms with Gasteiger partial charge in [-0.15, -0.1) is 0 Å². The van der Waals surface area contributed by atoms with Crippen LogP contribution in [0.25, 0.3) is 0 Å². The van der Waals surface area contributed by atoms with Gasteiger partial charge in [0.15, 0.2) is 0 Å². The average Bonchev–Trinajstić information content (AvgIpc) is 3.20. The van der Waals surface area contributed by atoms with Gasteiger partial charge in [0.1, 0.15) is 0 Å². The molecule has 0 aromatic heterocycles. The molecule has 0 aliphatic carbocycles. The van der Waals surface area contributed by atoms with E-state index in [1.165, 1.54) is 22.0 Å². The molecule has 0 atom stereocenters. The van der Waals surface area contributed by atoms with E-state index in [0.717, 1.165) is 35.2 Å². The molecule has 0 unspecified atom stereocenters. The fraction of sp³-hybridized carbons (Fsp3) is 0.160. The summed E-state index contributed by atoms with van der Waals surface area (Å²) in [6.45, 7) is -1.98. The number of benzene rings is 7. The first-order valence-corrected chi connectivity index (χ1v) is 27.1. The van der Waals surface area contributed by atoms with E-state index in [9.17, 15) is 8.42 Å². The Kier molecular flexibility index (Phi) is 11.6. The Morgan fingerprint density at radius 3 is 0.875 bits per heavy atom. The van der Waals surface area contributed by atoms with Gasteiger partial charge in [-0.2, -0.15) is 0 Å². The number of rotatable bonds is 16. The molecule has 0 aliphatic heterocycles. The van der Waals surface area contributed by atoms with Crippen molar-refractivity contribution in [3.8, 4) is 0 Å². The van der Waals surface area contributed by atoms with Gasteiger partial charge in [0.05, 0.1) is 0 Å². The summed E-state index contributed by atoms with van der Waals surface area (Å²) in [7, 11) is -4.22. The maximum atomic E-state index is 15.0. The van der Waals surface area contributed by atoms with Crippen LogP contribution in [0.15, 0.2) is 211 Å². The first-order valence-electron chi connectivity index (χ1n) is 19.3. The van der Waals surface area contributed by atoms with Crippen LogP contribution < -0.4 is 5.30 Å². The summed E-state index contributed by atoms with van der Waals surface area (Å²) in [6.07, 6.45) is 4.21. The van der Waals surface area contributed by atoms with Gasteiger partial charge in [0.2, 0.25) is 0 Å². The first kappa shape index (κ1) is 39.5. The third kappa shape index (κ3) is 9.46. The van der Waals surface area contributed by atoms with Crippen molar-refractivity contribution >= 4 is 28.9 Å². The molecule has 286 valence electrons. The number of hydrogen-bond donors (Lipinski definition) is 0. The van der Waals surface area contributed by atoms with Gasteiger partial charge in [-0.05, 0) is 0 Å². The quantitative estimate of drug-likeness (QED) is 0.0915.